The van der Waals surface area contributed by atoms with Crippen molar-refractivity contribution in [3.8, 4) is 0 Å². The number of nitrogens with zero attached hydrogens (tertiary/aromatic N) is 4. The molecule has 1 unspecified atom stereocenters. The predicted octanol–water partition coefficient (Wildman–Crippen LogP) is 2.59. The number of nitrogens with one attached hydrogen (secondary N) is 1. The quantitative estimate of drug-likeness (QED) is 0.923. The number of likely N-dealkylation sites (tertiary alicyclic amines) is 1. The zero-order valence-electron chi connectivity index (χ0n) is 13.2. The fourth-order valence-corrected chi connectivity index (χ4v) is 2.69. The Morgan fingerprint density at radius 2 is 2.08 bits per heavy atom. The molecule has 9 heteroatoms. The van der Waals surface area contributed by atoms with Gasteiger partial charge in [0.05, 0.1) is 5.69 Å². The minimum Gasteiger partial charge on any atom is -0.334 e. The minimum atomic E-state index is -4.47. The van der Waals surface area contributed by atoms with E-state index in [9.17, 15) is 18.0 Å². The number of pyridine rings is 1. The first-order valence-corrected chi connectivity index (χ1v) is 7.74. The largest absolute Gasteiger partial charge is 0.433 e. The maximum atomic E-state index is 12.5. The average Bonchev–Trinajstić information content (AvgIpc) is 3.10. The van der Waals surface area contributed by atoms with Crippen LogP contribution < -0.4 is 5.32 Å². The van der Waals surface area contributed by atoms with Crippen LogP contribution in [0.25, 0.3) is 0 Å². The molecule has 3 rings (SSSR count). The Morgan fingerprint density at radius 1 is 1.24 bits per heavy atom. The Morgan fingerprint density at radius 3 is 2.72 bits per heavy atom. The van der Waals surface area contributed by atoms with E-state index in [-0.39, 0.29) is 18.5 Å². The summed E-state index contributed by atoms with van der Waals surface area (Å²) in [7, 11) is 0. The lowest BCUT2D eigenvalue weighted by Gasteiger charge is -2.17. The van der Waals surface area contributed by atoms with Crippen molar-refractivity contribution >= 4 is 6.03 Å². The summed E-state index contributed by atoms with van der Waals surface area (Å²) >= 11 is 0. The summed E-state index contributed by atoms with van der Waals surface area (Å²) in [5.41, 5.74) is 0.407. The van der Waals surface area contributed by atoms with E-state index in [2.05, 4.69) is 20.3 Å². The molecule has 0 aromatic carbocycles. The molecule has 0 spiro atoms. The van der Waals surface area contributed by atoms with Gasteiger partial charge >= 0.3 is 12.2 Å². The smallest absolute Gasteiger partial charge is 0.334 e. The van der Waals surface area contributed by atoms with Gasteiger partial charge in [-0.05, 0) is 18.1 Å². The third-order valence-electron chi connectivity index (χ3n) is 4.04. The second-order valence-electron chi connectivity index (χ2n) is 5.77. The van der Waals surface area contributed by atoms with Crippen LogP contribution in [0.2, 0.25) is 0 Å². The summed E-state index contributed by atoms with van der Waals surface area (Å²) in [5, 5.41) is 2.70. The number of amides is 2. The molecule has 132 valence electrons. The van der Waals surface area contributed by atoms with Crippen molar-refractivity contribution in [1.29, 1.82) is 0 Å². The molecule has 25 heavy (non-hydrogen) atoms. The molecule has 2 amide bonds. The number of carbonyl (C=O) groups is 1. The van der Waals surface area contributed by atoms with Gasteiger partial charge in [0.15, 0.2) is 0 Å². The van der Waals surface area contributed by atoms with E-state index in [1.807, 2.05) is 0 Å². The van der Waals surface area contributed by atoms with Gasteiger partial charge < -0.3 is 10.2 Å². The molecule has 1 fully saturated rings. The fraction of sp³-hybridized carbons (Fsp3) is 0.375. The molecular formula is C16H16F3N5O. The van der Waals surface area contributed by atoms with Gasteiger partial charge in [0, 0.05) is 50.3 Å². The van der Waals surface area contributed by atoms with Crippen LogP contribution in [0.15, 0.2) is 36.9 Å². The van der Waals surface area contributed by atoms with Gasteiger partial charge in [-0.1, -0.05) is 6.07 Å². The van der Waals surface area contributed by atoms with Gasteiger partial charge in [0.1, 0.15) is 5.69 Å². The van der Waals surface area contributed by atoms with Crippen LogP contribution in [0.3, 0.4) is 0 Å². The van der Waals surface area contributed by atoms with Crippen LogP contribution in [0.5, 0.6) is 0 Å². The minimum absolute atomic E-state index is 0.121. The van der Waals surface area contributed by atoms with Crippen LogP contribution in [-0.2, 0) is 12.7 Å². The first-order valence-electron chi connectivity index (χ1n) is 7.74. The topological polar surface area (TPSA) is 71.0 Å². The molecule has 1 aliphatic rings. The third kappa shape index (κ3) is 4.23. The van der Waals surface area contributed by atoms with E-state index in [4.69, 9.17) is 0 Å². The van der Waals surface area contributed by atoms with Crippen molar-refractivity contribution in [3.63, 3.8) is 0 Å². The van der Waals surface area contributed by atoms with E-state index in [1.165, 1.54) is 6.07 Å². The van der Waals surface area contributed by atoms with E-state index < -0.39 is 11.9 Å². The number of carbonyl (C=O) groups excluding carboxylic acids is 1. The third-order valence-corrected chi connectivity index (χ3v) is 4.04. The summed E-state index contributed by atoms with van der Waals surface area (Å²) in [6.45, 7) is 1.25. The van der Waals surface area contributed by atoms with Crippen LogP contribution in [0.1, 0.15) is 29.3 Å². The normalized spacial score (nSPS) is 17.6. The van der Waals surface area contributed by atoms with Gasteiger partial charge in [0.2, 0.25) is 0 Å². The van der Waals surface area contributed by atoms with Crippen molar-refractivity contribution < 1.29 is 18.0 Å². The molecule has 1 aliphatic heterocycles. The highest BCUT2D eigenvalue weighted by Crippen LogP contribution is 2.27. The summed E-state index contributed by atoms with van der Waals surface area (Å²) in [4.78, 5) is 25.5. The van der Waals surface area contributed by atoms with Crippen LogP contribution >= 0.6 is 0 Å². The standard InChI is InChI=1S/C16H16F3N5O/c17-16(18,19)14-2-1-11(7-22-14)8-23-15(25)24-6-3-12(10-24)13-9-20-4-5-21-13/h1-2,4-5,7,9,12H,3,6,8,10H2,(H,23,25). The molecule has 0 saturated carbocycles. The summed E-state index contributed by atoms with van der Waals surface area (Å²) in [5.74, 6) is 0.146. The Bertz CT molecular complexity index is 721. The summed E-state index contributed by atoms with van der Waals surface area (Å²) < 4.78 is 37.4. The fourth-order valence-electron chi connectivity index (χ4n) is 2.69. The number of urea groups is 1. The van der Waals surface area contributed by atoms with Crippen molar-refractivity contribution in [2.24, 2.45) is 0 Å². The summed E-state index contributed by atoms with van der Waals surface area (Å²) in [6.07, 6.45) is 2.37. The Labute approximate surface area is 142 Å². The van der Waals surface area contributed by atoms with E-state index in [1.54, 1.807) is 23.5 Å². The highest BCUT2D eigenvalue weighted by atomic mass is 19.4. The molecule has 0 aliphatic carbocycles. The highest BCUT2D eigenvalue weighted by molar-refractivity contribution is 5.74. The number of rotatable bonds is 3. The second kappa shape index (κ2) is 7.04. The zero-order valence-corrected chi connectivity index (χ0v) is 13.2. The van der Waals surface area contributed by atoms with Crippen LogP contribution in [-0.4, -0.2) is 39.0 Å². The van der Waals surface area contributed by atoms with Gasteiger partial charge in [-0.25, -0.2) is 4.79 Å². The number of hydrogen-bond donors (Lipinski definition) is 1. The molecule has 1 N–H and O–H groups in total. The molecular weight excluding hydrogens is 335 g/mol. The van der Waals surface area contributed by atoms with Gasteiger partial charge in [0.25, 0.3) is 0 Å². The lowest BCUT2D eigenvalue weighted by Crippen LogP contribution is -2.38. The van der Waals surface area contributed by atoms with Crippen molar-refractivity contribution in [2.75, 3.05) is 13.1 Å². The van der Waals surface area contributed by atoms with E-state index in [0.717, 1.165) is 24.4 Å². The molecule has 3 heterocycles. The van der Waals surface area contributed by atoms with E-state index >= 15 is 0 Å². The van der Waals surface area contributed by atoms with Gasteiger partial charge in [-0.15, -0.1) is 0 Å². The summed E-state index contributed by atoms with van der Waals surface area (Å²) in [6, 6.07) is 1.95. The molecule has 0 radical (unpaired) electrons. The lowest BCUT2D eigenvalue weighted by atomic mass is 10.1. The first-order chi connectivity index (χ1) is 11.9. The number of halogens is 3. The molecule has 1 saturated heterocycles. The number of alkyl halides is 3. The molecule has 2 aromatic heterocycles. The van der Waals surface area contributed by atoms with Crippen molar-refractivity contribution in [2.45, 2.75) is 25.1 Å². The second-order valence-corrected chi connectivity index (χ2v) is 5.77. The van der Waals surface area contributed by atoms with Gasteiger partial charge in [-0.2, -0.15) is 13.2 Å². The number of aromatic nitrogens is 3. The Kier molecular flexibility index (Phi) is 4.82. The van der Waals surface area contributed by atoms with Crippen LogP contribution in [0, 0.1) is 0 Å². The Hall–Kier alpha value is -2.71. The monoisotopic (exact) mass is 351 g/mol. The van der Waals surface area contributed by atoms with Crippen LogP contribution in [0.4, 0.5) is 18.0 Å². The number of hydrogen-bond acceptors (Lipinski definition) is 4. The van der Waals surface area contributed by atoms with Gasteiger partial charge in [-0.3, -0.25) is 15.0 Å². The molecule has 2 aromatic rings. The van der Waals surface area contributed by atoms with Crippen molar-refractivity contribution in [3.05, 3.63) is 53.9 Å². The first kappa shape index (κ1) is 17.1. The maximum absolute atomic E-state index is 12.5. The average molecular weight is 351 g/mol. The Balaban J connectivity index is 1.52. The molecule has 1 atom stereocenters. The molecule has 6 nitrogen and oxygen atoms in total. The highest BCUT2D eigenvalue weighted by Gasteiger charge is 2.32. The van der Waals surface area contributed by atoms with Crippen molar-refractivity contribution in [1.82, 2.24) is 25.2 Å². The SMILES string of the molecule is O=C(NCc1ccc(C(F)(F)F)nc1)N1CCC(c2cnccn2)C1. The molecule has 0 bridgehead atoms. The lowest BCUT2D eigenvalue weighted by molar-refractivity contribution is -0.141. The maximum Gasteiger partial charge on any atom is 0.433 e. The predicted molar refractivity (Wildman–Crippen MR) is 82.4 cm³/mol. The zero-order chi connectivity index (χ0) is 17.9. The van der Waals surface area contributed by atoms with E-state index in [0.29, 0.717) is 18.7 Å².